The van der Waals surface area contributed by atoms with E-state index in [1.54, 1.807) is 6.07 Å². The molecule has 0 radical (unpaired) electrons. The highest BCUT2D eigenvalue weighted by Gasteiger charge is 2.15. The summed E-state index contributed by atoms with van der Waals surface area (Å²) in [6.45, 7) is 0. The van der Waals surface area contributed by atoms with Crippen LogP contribution < -0.4 is 0 Å². The monoisotopic (exact) mass is 296 g/mol. The summed E-state index contributed by atoms with van der Waals surface area (Å²) in [4.78, 5) is 10.5. The molecule has 1 N–H and O–H groups in total. The first-order chi connectivity index (χ1) is 9.38. The summed E-state index contributed by atoms with van der Waals surface area (Å²) in [5, 5.41) is 9.77. The fourth-order valence-corrected chi connectivity index (χ4v) is 3.26. The van der Waals surface area contributed by atoms with E-state index in [0.717, 1.165) is 0 Å². The van der Waals surface area contributed by atoms with Crippen LogP contribution in [0, 0.1) is 5.82 Å². The number of rotatable bonds is 5. The minimum Gasteiger partial charge on any atom is -0.481 e. The molecular weight excluding hydrogens is 283 g/mol. The predicted octanol–water partition coefficient (Wildman–Crippen LogP) is 2.62. The van der Waals surface area contributed by atoms with Crippen molar-refractivity contribution < 1.29 is 22.7 Å². The zero-order valence-corrected chi connectivity index (χ0v) is 11.4. The fraction of sp³-hybridized carbons (Fsp3) is 0.214. The van der Waals surface area contributed by atoms with Gasteiger partial charge in [-0.25, -0.2) is 12.8 Å². The van der Waals surface area contributed by atoms with E-state index in [-0.39, 0.29) is 29.3 Å². The maximum Gasteiger partial charge on any atom is 0.303 e. The number of aliphatic carboxylic acids is 1. The number of hydrogen-bond acceptors (Lipinski definition) is 3. The van der Waals surface area contributed by atoms with Crippen LogP contribution >= 0.6 is 0 Å². The van der Waals surface area contributed by atoms with Gasteiger partial charge in [0.15, 0.2) is 9.84 Å². The molecule has 2 aromatic carbocycles. The zero-order chi connectivity index (χ0) is 14.8. The molecule has 4 nitrogen and oxygen atoms in total. The number of fused-ring (bicyclic) bond motifs is 1. The Bertz CT molecular complexity index is 753. The van der Waals surface area contributed by atoms with Gasteiger partial charge in [0.05, 0.1) is 10.6 Å². The van der Waals surface area contributed by atoms with E-state index in [4.69, 9.17) is 5.11 Å². The number of hydrogen-bond donors (Lipinski definition) is 1. The normalized spacial score (nSPS) is 11.7. The molecule has 6 heteroatoms. The van der Waals surface area contributed by atoms with Crippen molar-refractivity contribution in [2.24, 2.45) is 0 Å². The number of sulfone groups is 1. The lowest BCUT2D eigenvalue weighted by atomic mass is 10.1. The van der Waals surface area contributed by atoms with Crippen LogP contribution in [-0.4, -0.2) is 25.2 Å². The van der Waals surface area contributed by atoms with E-state index < -0.39 is 15.8 Å². The van der Waals surface area contributed by atoms with Crippen LogP contribution in [0.3, 0.4) is 0 Å². The smallest absolute Gasteiger partial charge is 0.303 e. The summed E-state index contributed by atoms with van der Waals surface area (Å²) in [6.07, 6.45) is -0.114. The summed E-state index contributed by atoms with van der Waals surface area (Å²) in [5.41, 5.74) is 0. The Morgan fingerprint density at radius 2 is 1.75 bits per heavy atom. The maximum atomic E-state index is 13.0. The molecule has 0 bridgehead atoms. The summed E-state index contributed by atoms with van der Waals surface area (Å²) >= 11 is 0. The van der Waals surface area contributed by atoms with Crippen LogP contribution in [0.25, 0.3) is 10.8 Å². The second-order valence-corrected chi connectivity index (χ2v) is 6.58. The highest BCUT2D eigenvalue weighted by Crippen LogP contribution is 2.21. The van der Waals surface area contributed by atoms with Gasteiger partial charge in [0.25, 0.3) is 0 Å². The SMILES string of the molecule is O=C(O)CCCS(=O)(=O)c1ccc2cc(F)ccc2c1. The Morgan fingerprint density at radius 3 is 2.45 bits per heavy atom. The van der Waals surface area contributed by atoms with Gasteiger partial charge in [-0.05, 0) is 41.5 Å². The van der Waals surface area contributed by atoms with E-state index in [9.17, 15) is 17.6 Å². The Kier molecular flexibility index (Phi) is 4.04. The molecule has 2 rings (SSSR count). The number of carboxylic acid groups (broad SMARTS) is 1. The molecule has 20 heavy (non-hydrogen) atoms. The first kappa shape index (κ1) is 14.5. The molecule has 0 aromatic heterocycles. The zero-order valence-electron chi connectivity index (χ0n) is 10.5. The molecule has 0 unspecified atom stereocenters. The van der Waals surface area contributed by atoms with E-state index in [2.05, 4.69) is 0 Å². The number of carbonyl (C=O) groups is 1. The van der Waals surface area contributed by atoms with Crippen LogP contribution in [0.4, 0.5) is 4.39 Å². The van der Waals surface area contributed by atoms with Crippen LogP contribution in [-0.2, 0) is 14.6 Å². The van der Waals surface area contributed by atoms with Gasteiger partial charge in [0, 0.05) is 6.42 Å². The van der Waals surface area contributed by atoms with Gasteiger partial charge in [-0.1, -0.05) is 12.1 Å². The molecule has 0 aliphatic heterocycles. The summed E-state index contributed by atoms with van der Waals surface area (Å²) < 4.78 is 37.2. The molecule has 0 saturated heterocycles. The quantitative estimate of drug-likeness (QED) is 0.920. The molecule has 0 amide bonds. The second kappa shape index (κ2) is 5.58. The molecule has 0 fully saturated rings. The Balaban J connectivity index is 2.27. The lowest BCUT2D eigenvalue weighted by Gasteiger charge is -2.05. The predicted molar refractivity (Wildman–Crippen MR) is 72.8 cm³/mol. The van der Waals surface area contributed by atoms with E-state index >= 15 is 0 Å². The number of halogens is 1. The number of carboxylic acids is 1. The molecular formula is C14H13FO4S. The van der Waals surface area contributed by atoms with Crippen LogP contribution in [0.5, 0.6) is 0 Å². The van der Waals surface area contributed by atoms with Gasteiger partial charge in [-0.3, -0.25) is 4.79 Å². The lowest BCUT2D eigenvalue weighted by Crippen LogP contribution is -2.08. The first-order valence-electron chi connectivity index (χ1n) is 6.02. The summed E-state index contributed by atoms with van der Waals surface area (Å²) in [6, 6.07) is 8.55. The van der Waals surface area contributed by atoms with Gasteiger partial charge in [0.1, 0.15) is 5.82 Å². The third-order valence-electron chi connectivity index (χ3n) is 2.94. The average Bonchev–Trinajstić information content (AvgIpc) is 2.37. The fourth-order valence-electron chi connectivity index (χ4n) is 1.92. The van der Waals surface area contributed by atoms with Crippen molar-refractivity contribution in [2.75, 3.05) is 5.75 Å². The topological polar surface area (TPSA) is 71.4 Å². The van der Waals surface area contributed by atoms with Gasteiger partial charge < -0.3 is 5.11 Å². The van der Waals surface area contributed by atoms with Crippen molar-refractivity contribution in [1.29, 1.82) is 0 Å². The largest absolute Gasteiger partial charge is 0.481 e. The van der Waals surface area contributed by atoms with Crippen LogP contribution in [0.1, 0.15) is 12.8 Å². The first-order valence-corrected chi connectivity index (χ1v) is 7.67. The van der Waals surface area contributed by atoms with E-state index in [1.807, 2.05) is 0 Å². The minimum atomic E-state index is -3.51. The Morgan fingerprint density at radius 1 is 1.10 bits per heavy atom. The van der Waals surface area contributed by atoms with Gasteiger partial charge in [-0.2, -0.15) is 0 Å². The summed E-state index contributed by atoms with van der Waals surface area (Å²) in [7, 11) is -3.51. The minimum absolute atomic E-state index is 0.0686. The van der Waals surface area contributed by atoms with Crippen LogP contribution in [0.15, 0.2) is 41.3 Å². The van der Waals surface area contributed by atoms with E-state index in [1.165, 1.54) is 30.3 Å². The highest BCUT2D eigenvalue weighted by atomic mass is 32.2. The molecule has 0 saturated carbocycles. The van der Waals surface area contributed by atoms with Gasteiger partial charge >= 0.3 is 5.97 Å². The van der Waals surface area contributed by atoms with E-state index in [0.29, 0.717) is 10.8 Å². The molecule has 0 aliphatic carbocycles. The third kappa shape index (κ3) is 3.33. The maximum absolute atomic E-state index is 13.0. The van der Waals surface area contributed by atoms with Gasteiger partial charge in [-0.15, -0.1) is 0 Å². The standard InChI is InChI=1S/C14H13FO4S/c15-12-5-3-11-9-13(6-4-10(11)8-12)20(18,19)7-1-2-14(16)17/h3-6,8-9H,1-2,7H2,(H,16,17). The molecule has 2 aromatic rings. The van der Waals surface area contributed by atoms with Gasteiger partial charge in [0.2, 0.25) is 0 Å². The summed E-state index contributed by atoms with van der Waals surface area (Å²) in [5.74, 6) is -1.62. The Hall–Kier alpha value is -1.95. The average molecular weight is 296 g/mol. The molecule has 0 heterocycles. The molecule has 0 spiro atoms. The second-order valence-electron chi connectivity index (χ2n) is 4.47. The number of benzene rings is 2. The lowest BCUT2D eigenvalue weighted by molar-refractivity contribution is -0.137. The van der Waals surface area contributed by atoms with Crippen molar-refractivity contribution in [3.8, 4) is 0 Å². The van der Waals surface area contributed by atoms with Crippen molar-refractivity contribution in [1.82, 2.24) is 0 Å². The molecule has 0 atom stereocenters. The highest BCUT2D eigenvalue weighted by molar-refractivity contribution is 7.91. The molecule has 0 aliphatic rings. The van der Waals surface area contributed by atoms with Crippen molar-refractivity contribution >= 4 is 26.6 Å². The molecule has 106 valence electrons. The van der Waals surface area contributed by atoms with Crippen molar-refractivity contribution in [2.45, 2.75) is 17.7 Å². The Labute approximate surface area is 115 Å². The van der Waals surface area contributed by atoms with Crippen LogP contribution in [0.2, 0.25) is 0 Å². The van der Waals surface area contributed by atoms with Crippen molar-refractivity contribution in [3.63, 3.8) is 0 Å². The van der Waals surface area contributed by atoms with Crippen molar-refractivity contribution in [3.05, 3.63) is 42.2 Å². The third-order valence-corrected chi connectivity index (χ3v) is 4.73.